The molecule has 0 aliphatic carbocycles. The van der Waals surface area contributed by atoms with Crippen LogP contribution in [0.4, 0.5) is 0 Å². The van der Waals surface area contributed by atoms with Crippen LogP contribution in [-0.2, 0) is 14.6 Å². The highest BCUT2D eigenvalue weighted by Gasteiger charge is 2.07. The van der Waals surface area contributed by atoms with E-state index in [1.807, 2.05) is 14.0 Å². The molecule has 0 saturated carbocycles. The van der Waals surface area contributed by atoms with Crippen molar-refractivity contribution in [3.63, 3.8) is 0 Å². The summed E-state index contributed by atoms with van der Waals surface area (Å²) in [5.41, 5.74) is 0. The zero-order valence-corrected chi connectivity index (χ0v) is 10.1. The molecule has 0 spiro atoms. The van der Waals surface area contributed by atoms with E-state index in [-0.39, 0.29) is 17.6 Å². The molecule has 0 rings (SSSR count). The van der Waals surface area contributed by atoms with Crippen molar-refractivity contribution < 1.29 is 13.2 Å². The molecule has 0 saturated heterocycles. The van der Waals surface area contributed by atoms with Gasteiger partial charge in [-0.1, -0.05) is 6.92 Å². The van der Waals surface area contributed by atoms with Crippen LogP contribution >= 0.6 is 0 Å². The molecule has 0 aromatic rings. The van der Waals surface area contributed by atoms with Gasteiger partial charge in [-0.25, -0.2) is 8.42 Å². The quantitative estimate of drug-likeness (QED) is 0.607. The van der Waals surface area contributed by atoms with Crippen molar-refractivity contribution in [2.45, 2.75) is 26.4 Å². The van der Waals surface area contributed by atoms with Gasteiger partial charge in [-0.15, -0.1) is 0 Å². The van der Waals surface area contributed by atoms with E-state index in [1.165, 1.54) is 0 Å². The van der Waals surface area contributed by atoms with E-state index in [4.69, 9.17) is 4.74 Å². The third-order valence-corrected chi connectivity index (χ3v) is 3.72. The minimum atomic E-state index is -2.83. The Morgan fingerprint density at radius 2 is 2.07 bits per heavy atom. The minimum absolute atomic E-state index is 0.143. The second-order valence-electron chi connectivity index (χ2n) is 3.33. The van der Waals surface area contributed by atoms with Gasteiger partial charge in [0.05, 0.1) is 11.9 Å². The van der Waals surface area contributed by atoms with Crippen LogP contribution < -0.4 is 5.32 Å². The molecule has 0 radical (unpaired) electrons. The lowest BCUT2D eigenvalue weighted by molar-refractivity contribution is 0.0681. The second kappa shape index (κ2) is 7.20. The van der Waals surface area contributed by atoms with Crippen molar-refractivity contribution in [2.75, 3.05) is 31.7 Å². The molecule has 0 aromatic carbocycles. The van der Waals surface area contributed by atoms with Crippen LogP contribution in [0, 0.1) is 0 Å². The summed E-state index contributed by atoms with van der Waals surface area (Å²) in [5.74, 6) is 0.453. The summed E-state index contributed by atoms with van der Waals surface area (Å²) in [7, 11) is -0.963. The summed E-state index contributed by atoms with van der Waals surface area (Å²) in [6.07, 6.45) is 0.730. The fourth-order valence-electron chi connectivity index (χ4n) is 1.05. The molecular formula is C9H21NO3S. The first kappa shape index (κ1) is 13.9. The lowest BCUT2D eigenvalue weighted by atomic mass is 10.4. The first-order chi connectivity index (χ1) is 6.52. The third-order valence-electron chi connectivity index (χ3n) is 1.93. The van der Waals surface area contributed by atoms with Crippen molar-refractivity contribution >= 4 is 9.84 Å². The predicted molar refractivity (Wildman–Crippen MR) is 58.3 cm³/mol. The van der Waals surface area contributed by atoms with Crippen molar-refractivity contribution in [1.82, 2.24) is 5.32 Å². The van der Waals surface area contributed by atoms with Crippen molar-refractivity contribution in [1.29, 1.82) is 0 Å². The predicted octanol–water partition coefficient (Wildman–Crippen LogP) is 0.436. The Hall–Kier alpha value is -0.130. The largest absolute Gasteiger partial charge is 0.377 e. The Bertz CT molecular complexity index is 226. The van der Waals surface area contributed by atoms with Crippen molar-refractivity contribution in [3.8, 4) is 0 Å². The Labute approximate surface area is 86.9 Å². The maximum absolute atomic E-state index is 11.1. The highest BCUT2D eigenvalue weighted by atomic mass is 32.2. The molecule has 86 valence electrons. The maximum Gasteiger partial charge on any atom is 0.150 e. The zero-order valence-electron chi connectivity index (χ0n) is 9.25. The number of rotatable bonds is 8. The van der Waals surface area contributed by atoms with Gasteiger partial charge in [-0.2, -0.15) is 0 Å². The summed E-state index contributed by atoms with van der Waals surface area (Å²) in [6, 6.07) is 0. The summed E-state index contributed by atoms with van der Waals surface area (Å²) in [5, 5.41) is 2.99. The lowest BCUT2D eigenvalue weighted by Gasteiger charge is -2.11. The number of hydrogen-bond donors (Lipinski definition) is 1. The average Bonchev–Trinajstić information content (AvgIpc) is 2.13. The Balaban J connectivity index is 3.47. The average molecular weight is 223 g/mol. The number of nitrogens with one attached hydrogen (secondary N) is 1. The molecule has 1 unspecified atom stereocenters. The van der Waals surface area contributed by atoms with Gasteiger partial charge in [0.2, 0.25) is 0 Å². The zero-order chi connectivity index (χ0) is 11.0. The number of ether oxygens (including phenoxy) is 1. The van der Waals surface area contributed by atoms with Gasteiger partial charge in [0.25, 0.3) is 0 Å². The van der Waals surface area contributed by atoms with Gasteiger partial charge in [-0.05, 0) is 20.4 Å². The Kier molecular flexibility index (Phi) is 7.13. The molecule has 5 heteroatoms. The van der Waals surface area contributed by atoms with E-state index >= 15 is 0 Å². The SMILES string of the molecule is CCS(=O)(=O)CCCOC(C)CNC. The molecule has 0 aromatic heterocycles. The lowest BCUT2D eigenvalue weighted by Crippen LogP contribution is -2.24. The van der Waals surface area contributed by atoms with Crippen molar-refractivity contribution in [2.24, 2.45) is 0 Å². The number of likely N-dealkylation sites (N-methyl/N-ethyl adjacent to an activating group) is 1. The second-order valence-corrected chi connectivity index (χ2v) is 5.80. The van der Waals surface area contributed by atoms with Gasteiger partial charge in [0.1, 0.15) is 9.84 Å². The number of hydrogen-bond acceptors (Lipinski definition) is 4. The normalized spacial score (nSPS) is 14.2. The van der Waals surface area contributed by atoms with E-state index < -0.39 is 9.84 Å². The molecule has 0 aliphatic heterocycles. The molecule has 1 atom stereocenters. The van der Waals surface area contributed by atoms with Crippen LogP contribution in [0.3, 0.4) is 0 Å². The summed E-state index contributed by atoms with van der Waals surface area (Å²) >= 11 is 0. The van der Waals surface area contributed by atoms with Crippen LogP contribution in [0.5, 0.6) is 0 Å². The third kappa shape index (κ3) is 7.29. The van der Waals surface area contributed by atoms with Gasteiger partial charge < -0.3 is 10.1 Å². The van der Waals surface area contributed by atoms with E-state index in [1.54, 1.807) is 6.92 Å². The van der Waals surface area contributed by atoms with Gasteiger partial charge >= 0.3 is 0 Å². The molecule has 0 fully saturated rings. The maximum atomic E-state index is 11.1. The monoisotopic (exact) mass is 223 g/mol. The van der Waals surface area contributed by atoms with E-state index in [0.717, 1.165) is 6.54 Å². The molecule has 0 bridgehead atoms. The Morgan fingerprint density at radius 1 is 1.43 bits per heavy atom. The standard InChI is InChI=1S/C9H21NO3S/c1-4-14(11,12)7-5-6-13-9(2)8-10-3/h9-10H,4-8H2,1-3H3. The van der Waals surface area contributed by atoms with E-state index in [9.17, 15) is 8.42 Å². The first-order valence-electron chi connectivity index (χ1n) is 4.98. The molecule has 0 aliphatic rings. The molecule has 0 heterocycles. The van der Waals surface area contributed by atoms with E-state index in [0.29, 0.717) is 13.0 Å². The summed E-state index contributed by atoms with van der Waals surface area (Å²) in [4.78, 5) is 0. The van der Waals surface area contributed by atoms with Crippen LogP contribution in [0.25, 0.3) is 0 Å². The van der Waals surface area contributed by atoms with Gasteiger partial charge in [0.15, 0.2) is 0 Å². The molecule has 0 amide bonds. The molecule has 1 N–H and O–H groups in total. The van der Waals surface area contributed by atoms with Crippen LogP contribution in [-0.4, -0.2) is 46.2 Å². The van der Waals surface area contributed by atoms with E-state index in [2.05, 4.69) is 5.32 Å². The van der Waals surface area contributed by atoms with Crippen LogP contribution in [0.1, 0.15) is 20.3 Å². The Morgan fingerprint density at radius 3 is 2.57 bits per heavy atom. The van der Waals surface area contributed by atoms with Crippen molar-refractivity contribution in [3.05, 3.63) is 0 Å². The first-order valence-corrected chi connectivity index (χ1v) is 6.80. The van der Waals surface area contributed by atoms with Crippen LogP contribution in [0.15, 0.2) is 0 Å². The van der Waals surface area contributed by atoms with Crippen LogP contribution in [0.2, 0.25) is 0 Å². The molecule has 14 heavy (non-hydrogen) atoms. The summed E-state index contributed by atoms with van der Waals surface area (Å²) < 4.78 is 27.6. The molecule has 4 nitrogen and oxygen atoms in total. The van der Waals surface area contributed by atoms with Gasteiger partial charge in [-0.3, -0.25) is 0 Å². The topological polar surface area (TPSA) is 55.4 Å². The molecular weight excluding hydrogens is 202 g/mol. The number of sulfone groups is 1. The minimum Gasteiger partial charge on any atom is -0.377 e. The summed E-state index contributed by atoms with van der Waals surface area (Å²) in [6.45, 7) is 4.94. The van der Waals surface area contributed by atoms with Gasteiger partial charge in [0, 0.05) is 18.9 Å². The fraction of sp³-hybridized carbons (Fsp3) is 1.00. The highest BCUT2D eigenvalue weighted by molar-refractivity contribution is 7.91. The fourth-order valence-corrected chi connectivity index (χ4v) is 1.90. The highest BCUT2D eigenvalue weighted by Crippen LogP contribution is 1.96. The smallest absolute Gasteiger partial charge is 0.150 e.